The Bertz CT molecular complexity index is 878. The molecule has 1 saturated heterocycles. The van der Waals surface area contributed by atoms with Crippen molar-refractivity contribution in [2.75, 3.05) is 6.61 Å². The van der Waals surface area contributed by atoms with Crippen molar-refractivity contribution in [3.8, 4) is 12.1 Å². The molecule has 0 amide bonds. The van der Waals surface area contributed by atoms with Gasteiger partial charge in [-0.15, -0.1) is 0 Å². The van der Waals surface area contributed by atoms with Crippen molar-refractivity contribution in [3.63, 3.8) is 0 Å². The largest absolute Gasteiger partial charge is 0.343 e. The lowest BCUT2D eigenvalue weighted by Gasteiger charge is -2.24. The molecule has 4 rings (SSSR count). The first-order valence-corrected chi connectivity index (χ1v) is 8.18. The third-order valence-corrected chi connectivity index (χ3v) is 5.77. The summed E-state index contributed by atoms with van der Waals surface area (Å²) in [6.45, 7) is 2.10. The van der Waals surface area contributed by atoms with E-state index < -0.39 is 28.5 Å². The van der Waals surface area contributed by atoms with Gasteiger partial charge in [0.2, 0.25) is 0 Å². The SMILES string of the molecule is C[C@H]1CO[C@@]2([NH+]=C(N)[C@@]3(C#N)[C@@H](c4ccc(F)c(Br)c4)[C@@]23C#N)O1. The summed E-state index contributed by atoms with van der Waals surface area (Å²) in [5.74, 6) is -2.32. The average Bonchev–Trinajstić information content (AvgIpc) is 2.95. The predicted molar refractivity (Wildman–Crippen MR) is 82.3 cm³/mol. The molecule has 3 N–H and O–H groups in total. The van der Waals surface area contributed by atoms with E-state index in [0.717, 1.165) is 0 Å². The number of nitrogens with zero attached hydrogens (tertiary/aromatic N) is 2. The van der Waals surface area contributed by atoms with Crippen LogP contribution in [0.15, 0.2) is 22.7 Å². The van der Waals surface area contributed by atoms with Crippen molar-refractivity contribution in [2.45, 2.75) is 24.9 Å². The van der Waals surface area contributed by atoms with Crippen LogP contribution in [0.3, 0.4) is 0 Å². The minimum absolute atomic E-state index is 0.145. The lowest BCUT2D eigenvalue weighted by Crippen LogP contribution is -2.90. The average molecular weight is 392 g/mol. The molecule has 8 heteroatoms. The Balaban J connectivity index is 1.92. The Hall–Kier alpha value is -2.00. The fourth-order valence-electron chi connectivity index (χ4n) is 4.16. The van der Waals surface area contributed by atoms with Gasteiger partial charge in [0.15, 0.2) is 10.8 Å². The molecule has 5 atom stereocenters. The van der Waals surface area contributed by atoms with Gasteiger partial charge in [0.1, 0.15) is 5.82 Å². The van der Waals surface area contributed by atoms with Crippen LogP contribution < -0.4 is 10.7 Å². The Morgan fingerprint density at radius 1 is 1.42 bits per heavy atom. The first-order chi connectivity index (χ1) is 11.4. The van der Waals surface area contributed by atoms with Crippen LogP contribution in [0, 0.1) is 39.3 Å². The van der Waals surface area contributed by atoms with Crippen LogP contribution in [0.5, 0.6) is 0 Å². The zero-order chi connectivity index (χ0) is 17.3. The van der Waals surface area contributed by atoms with E-state index in [2.05, 4.69) is 33.1 Å². The van der Waals surface area contributed by atoms with E-state index in [1.54, 1.807) is 12.1 Å². The monoisotopic (exact) mass is 391 g/mol. The molecule has 0 aromatic heterocycles. The van der Waals surface area contributed by atoms with Crippen LogP contribution in [0.4, 0.5) is 4.39 Å². The van der Waals surface area contributed by atoms with E-state index in [0.29, 0.717) is 5.56 Å². The van der Waals surface area contributed by atoms with Gasteiger partial charge < -0.3 is 9.47 Å². The minimum Gasteiger partial charge on any atom is -0.311 e. The van der Waals surface area contributed by atoms with Crippen LogP contribution in [0.25, 0.3) is 0 Å². The molecule has 24 heavy (non-hydrogen) atoms. The van der Waals surface area contributed by atoms with Crippen molar-refractivity contribution in [1.82, 2.24) is 0 Å². The molecular formula is C16H13BrFN4O2+. The zero-order valence-corrected chi connectivity index (χ0v) is 14.2. The molecule has 2 aliphatic heterocycles. The van der Waals surface area contributed by atoms with Gasteiger partial charge >= 0.3 is 5.91 Å². The van der Waals surface area contributed by atoms with Crippen molar-refractivity contribution in [2.24, 2.45) is 16.6 Å². The number of benzene rings is 1. The molecule has 2 heterocycles. The smallest absolute Gasteiger partial charge is 0.311 e. The van der Waals surface area contributed by atoms with Crippen LogP contribution in [-0.4, -0.2) is 24.5 Å². The molecule has 2 fully saturated rings. The number of nitriles is 2. The standard InChI is InChI=1S/C16H12BrFN4O2/c1-8-5-23-16(24-8)15(7-20)12(14(15,6-19)13(21)22-16)9-2-3-11(18)10(17)4-9/h2-4,8,12H,5H2,1H3,(H2,21,22)/p+1/t8-,12+,14+,15+,16+/m0/s1. The van der Waals surface area contributed by atoms with Crippen LogP contribution in [0.2, 0.25) is 0 Å². The molecule has 3 aliphatic rings. The highest BCUT2D eigenvalue weighted by Gasteiger charge is 2.97. The topological polar surface area (TPSA) is 106 Å². The fourth-order valence-corrected chi connectivity index (χ4v) is 4.55. The summed E-state index contributed by atoms with van der Waals surface area (Å²) < 4.78 is 25.5. The molecule has 1 aromatic rings. The summed E-state index contributed by atoms with van der Waals surface area (Å²) in [7, 11) is 0. The maximum Gasteiger partial charge on any atom is 0.343 e. The number of nitrogens with one attached hydrogen (secondary N) is 1. The summed E-state index contributed by atoms with van der Waals surface area (Å²) in [5.41, 5.74) is 4.11. The number of hydrogen-bond donors (Lipinski definition) is 2. The molecule has 0 bridgehead atoms. The number of nitrogens with two attached hydrogens (primary N) is 1. The van der Waals surface area contributed by atoms with Gasteiger partial charge in [0.05, 0.1) is 29.3 Å². The van der Waals surface area contributed by atoms with Crippen molar-refractivity contribution < 1.29 is 18.9 Å². The summed E-state index contributed by atoms with van der Waals surface area (Å²) in [6.07, 6.45) is -0.244. The van der Waals surface area contributed by atoms with E-state index in [4.69, 9.17) is 15.2 Å². The van der Waals surface area contributed by atoms with Gasteiger partial charge in [-0.05, 0) is 40.5 Å². The number of ether oxygens (including phenoxy) is 2. The Morgan fingerprint density at radius 2 is 2.17 bits per heavy atom. The van der Waals surface area contributed by atoms with E-state index in [-0.39, 0.29) is 23.0 Å². The molecule has 122 valence electrons. The fraction of sp³-hybridized carbons (Fsp3) is 0.438. The van der Waals surface area contributed by atoms with Crippen molar-refractivity contribution in [1.29, 1.82) is 10.5 Å². The Kier molecular flexibility index (Phi) is 2.94. The van der Waals surface area contributed by atoms with Gasteiger partial charge in [-0.25, -0.2) is 9.38 Å². The van der Waals surface area contributed by atoms with Gasteiger partial charge in [0.25, 0.3) is 5.84 Å². The quantitative estimate of drug-likeness (QED) is 0.713. The molecular weight excluding hydrogens is 379 g/mol. The molecule has 1 aliphatic carbocycles. The normalized spacial score (nSPS) is 42.3. The zero-order valence-electron chi connectivity index (χ0n) is 12.6. The maximum absolute atomic E-state index is 13.6. The molecule has 1 spiro atoms. The number of halogens is 2. The van der Waals surface area contributed by atoms with Crippen LogP contribution in [-0.2, 0) is 9.47 Å². The van der Waals surface area contributed by atoms with Crippen molar-refractivity contribution in [3.05, 3.63) is 34.1 Å². The van der Waals surface area contributed by atoms with E-state index in [1.807, 2.05) is 6.92 Å². The number of hydrogen-bond acceptors (Lipinski definition) is 5. The van der Waals surface area contributed by atoms with Crippen LogP contribution >= 0.6 is 15.9 Å². The highest BCUT2D eigenvalue weighted by atomic mass is 79.9. The van der Waals surface area contributed by atoms with E-state index in [9.17, 15) is 14.9 Å². The minimum atomic E-state index is -1.47. The first-order valence-electron chi connectivity index (χ1n) is 7.39. The molecule has 1 aromatic carbocycles. The van der Waals surface area contributed by atoms with Gasteiger partial charge in [-0.2, -0.15) is 10.5 Å². The second kappa shape index (κ2) is 4.54. The highest BCUT2D eigenvalue weighted by molar-refractivity contribution is 9.10. The highest BCUT2D eigenvalue weighted by Crippen LogP contribution is 2.79. The second-order valence-corrected chi connectivity index (χ2v) is 7.20. The number of amidine groups is 1. The lowest BCUT2D eigenvalue weighted by molar-refractivity contribution is -0.677. The third kappa shape index (κ3) is 1.43. The summed E-state index contributed by atoms with van der Waals surface area (Å²) in [6, 6.07) is 8.83. The number of rotatable bonds is 1. The molecule has 0 unspecified atom stereocenters. The predicted octanol–water partition coefficient (Wildman–Crippen LogP) is 0.246. The van der Waals surface area contributed by atoms with E-state index >= 15 is 0 Å². The molecule has 0 radical (unpaired) electrons. The maximum atomic E-state index is 13.6. The third-order valence-electron chi connectivity index (χ3n) is 5.17. The summed E-state index contributed by atoms with van der Waals surface area (Å²) in [4.78, 5) is 2.89. The summed E-state index contributed by atoms with van der Waals surface area (Å²) in [5, 5.41) is 19.9. The van der Waals surface area contributed by atoms with Gasteiger partial charge in [0, 0.05) is 5.92 Å². The lowest BCUT2D eigenvalue weighted by atomic mass is 9.94. The van der Waals surface area contributed by atoms with Crippen molar-refractivity contribution >= 4 is 21.8 Å². The summed E-state index contributed by atoms with van der Waals surface area (Å²) >= 11 is 3.14. The second-order valence-electron chi connectivity index (χ2n) is 6.34. The molecule has 1 saturated carbocycles. The number of fused-ring (bicyclic) bond motifs is 2. The Labute approximate surface area is 145 Å². The van der Waals surface area contributed by atoms with Gasteiger partial charge in [-0.1, -0.05) is 6.07 Å². The van der Waals surface area contributed by atoms with Gasteiger partial charge in [-0.3, -0.25) is 5.73 Å². The first kappa shape index (κ1) is 15.5. The Morgan fingerprint density at radius 3 is 2.71 bits per heavy atom. The van der Waals surface area contributed by atoms with E-state index in [1.165, 1.54) is 6.07 Å². The van der Waals surface area contributed by atoms with Crippen LogP contribution in [0.1, 0.15) is 18.4 Å². The molecule has 6 nitrogen and oxygen atoms in total.